The summed E-state index contributed by atoms with van der Waals surface area (Å²) in [5.74, 6) is -2.92. The van der Waals surface area contributed by atoms with Crippen LogP contribution in [0, 0.1) is 0 Å². The van der Waals surface area contributed by atoms with E-state index in [1.165, 1.54) is 25.1 Å². The van der Waals surface area contributed by atoms with Gasteiger partial charge in [0.15, 0.2) is 6.10 Å². The number of hydrogen-bond donors (Lipinski definition) is 4. The maximum atomic E-state index is 12.0. The number of halogens is 2. The molecule has 12 heteroatoms. The van der Waals surface area contributed by atoms with Crippen LogP contribution in [0.4, 0.5) is 4.79 Å². The third-order valence-electron chi connectivity index (χ3n) is 4.62. The third-order valence-corrected chi connectivity index (χ3v) is 5.17. The molecule has 0 aliphatic heterocycles. The van der Waals surface area contributed by atoms with Crippen molar-refractivity contribution in [3.63, 3.8) is 0 Å². The minimum atomic E-state index is -1.24. The molecule has 0 bridgehead atoms. The molecule has 1 aliphatic rings. The molecule has 4 N–H and O–H groups in total. The SMILES string of the molecule is CC(OC(=O)CNC(=O)CNC(=O)c1ccc(Cl)cc1Cl)C(=O)NC(=O)NC1CCCC1. The van der Waals surface area contributed by atoms with Crippen molar-refractivity contribution < 1.29 is 28.7 Å². The highest BCUT2D eigenvalue weighted by molar-refractivity contribution is 6.36. The van der Waals surface area contributed by atoms with Crippen LogP contribution in [0.25, 0.3) is 0 Å². The summed E-state index contributed by atoms with van der Waals surface area (Å²) in [6, 6.07) is 3.68. The second-order valence-corrected chi connectivity index (χ2v) is 8.00. The maximum Gasteiger partial charge on any atom is 0.326 e. The van der Waals surface area contributed by atoms with Crippen LogP contribution in [0.2, 0.25) is 10.0 Å². The van der Waals surface area contributed by atoms with Crippen LogP contribution >= 0.6 is 23.2 Å². The fraction of sp³-hybridized carbons (Fsp3) is 0.450. The Bertz CT molecular complexity index is 889. The molecule has 2 rings (SSSR count). The fourth-order valence-electron chi connectivity index (χ4n) is 2.96. The summed E-state index contributed by atoms with van der Waals surface area (Å²) in [6.07, 6.45) is 2.53. The Labute approximate surface area is 194 Å². The van der Waals surface area contributed by atoms with Crippen molar-refractivity contribution in [1.82, 2.24) is 21.3 Å². The monoisotopic (exact) mass is 486 g/mol. The van der Waals surface area contributed by atoms with Gasteiger partial charge in [-0.1, -0.05) is 36.0 Å². The second kappa shape index (κ2) is 12.3. The molecule has 1 fully saturated rings. The lowest BCUT2D eigenvalue weighted by molar-refractivity contribution is -0.154. The molecule has 0 radical (unpaired) electrons. The number of amides is 5. The van der Waals surface area contributed by atoms with Crippen LogP contribution in [0.5, 0.6) is 0 Å². The van der Waals surface area contributed by atoms with E-state index in [4.69, 9.17) is 27.9 Å². The average molecular weight is 487 g/mol. The van der Waals surface area contributed by atoms with Gasteiger partial charge in [-0.05, 0) is 38.0 Å². The van der Waals surface area contributed by atoms with Crippen LogP contribution in [0.3, 0.4) is 0 Å². The molecule has 1 unspecified atom stereocenters. The van der Waals surface area contributed by atoms with Crippen molar-refractivity contribution in [2.75, 3.05) is 13.1 Å². The first-order valence-corrected chi connectivity index (χ1v) is 10.7. The topological polar surface area (TPSA) is 143 Å². The van der Waals surface area contributed by atoms with Gasteiger partial charge in [0.05, 0.1) is 17.1 Å². The molecule has 174 valence electrons. The number of carbonyl (C=O) groups excluding carboxylic acids is 5. The predicted octanol–water partition coefficient (Wildman–Crippen LogP) is 1.54. The summed E-state index contributed by atoms with van der Waals surface area (Å²) < 4.78 is 4.89. The minimum absolute atomic E-state index is 0.0343. The molecule has 0 saturated heterocycles. The number of hydrogen-bond acceptors (Lipinski definition) is 6. The van der Waals surface area contributed by atoms with Crippen molar-refractivity contribution in [3.8, 4) is 0 Å². The molecule has 1 aliphatic carbocycles. The number of urea groups is 1. The summed E-state index contributed by atoms with van der Waals surface area (Å²) in [5.41, 5.74) is 0.139. The van der Waals surface area contributed by atoms with Crippen LogP contribution in [0.1, 0.15) is 43.0 Å². The van der Waals surface area contributed by atoms with E-state index >= 15 is 0 Å². The highest BCUT2D eigenvalue weighted by Gasteiger charge is 2.23. The molecule has 1 saturated carbocycles. The Hall–Kier alpha value is -2.85. The van der Waals surface area contributed by atoms with Crippen molar-refractivity contribution in [3.05, 3.63) is 33.8 Å². The van der Waals surface area contributed by atoms with E-state index < -0.39 is 48.9 Å². The van der Waals surface area contributed by atoms with Gasteiger partial charge in [0.1, 0.15) is 6.54 Å². The summed E-state index contributed by atoms with van der Waals surface area (Å²) in [4.78, 5) is 59.5. The van der Waals surface area contributed by atoms with Crippen LogP contribution in [-0.4, -0.2) is 55.0 Å². The molecule has 1 atom stereocenters. The van der Waals surface area contributed by atoms with Gasteiger partial charge in [-0.3, -0.25) is 24.5 Å². The van der Waals surface area contributed by atoms with Gasteiger partial charge in [0.25, 0.3) is 11.8 Å². The number of esters is 1. The molecule has 32 heavy (non-hydrogen) atoms. The number of benzene rings is 1. The van der Waals surface area contributed by atoms with Gasteiger partial charge in [0.2, 0.25) is 5.91 Å². The normalized spacial score (nSPS) is 14.2. The van der Waals surface area contributed by atoms with Gasteiger partial charge < -0.3 is 20.7 Å². The van der Waals surface area contributed by atoms with E-state index in [2.05, 4.69) is 21.3 Å². The van der Waals surface area contributed by atoms with Gasteiger partial charge in [-0.2, -0.15) is 0 Å². The number of nitrogens with one attached hydrogen (secondary N) is 4. The van der Waals surface area contributed by atoms with Crippen LogP contribution < -0.4 is 21.3 Å². The first kappa shape index (κ1) is 25.4. The zero-order valence-corrected chi connectivity index (χ0v) is 18.8. The van der Waals surface area contributed by atoms with E-state index in [9.17, 15) is 24.0 Å². The standard InChI is InChI=1S/C20H24Cl2N4O6/c1-11(18(29)26-20(31)25-13-4-2-3-5-13)32-17(28)10-23-16(27)9-24-19(30)14-7-6-12(21)8-15(14)22/h6-8,11,13H,2-5,9-10H2,1H3,(H,23,27)(H,24,30)(H2,25,26,29,31). The van der Waals surface area contributed by atoms with Gasteiger partial charge >= 0.3 is 12.0 Å². The smallest absolute Gasteiger partial charge is 0.326 e. The molecule has 10 nitrogen and oxygen atoms in total. The zero-order valence-electron chi connectivity index (χ0n) is 17.3. The molecular weight excluding hydrogens is 463 g/mol. The maximum absolute atomic E-state index is 12.0. The van der Waals surface area contributed by atoms with Crippen LogP contribution in [-0.2, 0) is 19.1 Å². The van der Waals surface area contributed by atoms with Crippen molar-refractivity contribution in [2.45, 2.75) is 44.8 Å². The van der Waals surface area contributed by atoms with Gasteiger partial charge in [-0.15, -0.1) is 0 Å². The molecule has 5 amide bonds. The Kier molecular flexibility index (Phi) is 9.73. The summed E-state index contributed by atoms with van der Waals surface area (Å²) in [6.45, 7) is 0.360. The van der Waals surface area contributed by atoms with E-state index in [1.54, 1.807) is 0 Å². The Morgan fingerprint density at radius 3 is 2.41 bits per heavy atom. The number of imide groups is 1. The van der Waals surface area contributed by atoms with Gasteiger partial charge in [0, 0.05) is 11.1 Å². The largest absolute Gasteiger partial charge is 0.451 e. The van der Waals surface area contributed by atoms with Crippen molar-refractivity contribution in [1.29, 1.82) is 0 Å². The van der Waals surface area contributed by atoms with E-state index in [0.717, 1.165) is 25.7 Å². The number of ether oxygens (including phenoxy) is 1. The lowest BCUT2D eigenvalue weighted by Gasteiger charge is -2.15. The third kappa shape index (κ3) is 8.35. The fourth-order valence-corrected chi connectivity index (χ4v) is 3.45. The summed E-state index contributed by atoms with van der Waals surface area (Å²) in [5, 5.41) is 9.89. The van der Waals surface area contributed by atoms with E-state index in [0.29, 0.717) is 5.02 Å². The Balaban J connectivity index is 1.66. The first-order chi connectivity index (χ1) is 15.2. The Morgan fingerprint density at radius 1 is 1.06 bits per heavy atom. The second-order valence-electron chi connectivity index (χ2n) is 7.16. The molecule has 1 aromatic carbocycles. The first-order valence-electron chi connectivity index (χ1n) is 9.96. The number of rotatable bonds is 8. The summed E-state index contributed by atoms with van der Waals surface area (Å²) in [7, 11) is 0. The van der Waals surface area contributed by atoms with Crippen molar-refractivity contribution in [2.24, 2.45) is 0 Å². The lowest BCUT2D eigenvalue weighted by atomic mass is 10.2. The molecule has 0 aromatic heterocycles. The van der Waals surface area contributed by atoms with Gasteiger partial charge in [-0.25, -0.2) is 4.79 Å². The highest BCUT2D eigenvalue weighted by Crippen LogP contribution is 2.20. The Morgan fingerprint density at radius 2 is 1.75 bits per heavy atom. The van der Waals surface area contributed by atoms with Crippen LogP contribution in [0.15, 0.2) is 18.2 Å². The van der Waals surface area contributed by atoms with E-state index in [-0.39, 0.29) is 16.6 Å². The van der Waals surface area contributed by atoms with E-state index in [1.807, 2.05) is 0 Å². The zero-order chi connectivity index (χ0) is 23.7. The lowest BCUT2D eigenvalue weighted by Crippen LogP contribution is -2.48. The summed E-state index contributed by atoms with van der Waals surface area (Å²) >= 11 is 11.7. The molecule has 0 heterocycles. The molecule has 1 aromatic rings. The minimum Gasteiger partial charge on any atom is -0.451 e. The van der Waals surface area contributed by atoms with Crippen molar-refractivity contribution >= 4 is 52.9 Å². The molecular formula is C20H24Cl2N4O6. The highest BCUT2D eigenvalue weighted by atomic mass is 35.5. The predicted molar refractivity (Wildman–Crippen MR) is 116 cm³/mol. The number of carbonyl (C=O) groups is 5. The quantitative estimate of drug-likeness (QED) is 0.410. The molecule has 0 spiro atoms. The average Bonchev–Trinajstić information content (AvgIpc) is 3.23.